The van der Waals surface area contributed by atoms with Gasteiger partial charge in [-0.15, -0.1) is 0 Å². The summed E-state index contributed by atoms with van der Waals surface area (Å²) in [4.78, 5) is 0. The van der Waals surface area contributed by atoms with Gasteiger partial charge >= 0.3 is 6.18 Å². The van der Waals surface area contributed by atoms with Crippen LogP contribution in [0.15, 0.2) is 36.4 Å². The molecule has 2 aromatic rings. The van der Waals surface area contributed by atoms with Crippen LogP contribution in [-0.4, -0.2) is 8.76 Å². The third-order valence-electron chi connectivity index (χ3n) is 3.29. The maximum Gasteiger partial charge on any atom is 0.419 e. The quantitative estimate of drug-likeness (QED) is 0.664. The number of alkyl halides is 3. The molecule has 0 heterocycles. The van der Waals surface area contributed by atoms with Crippen LogP contribution in [0.3, 0.4) is 0 Å². The van der Waals surface area contributed by atoms with E-state index in [-0.39, 0.29) is 5.56 Å². The zero-order valence-corrected chi connectivity index (χ0v) is 12.7. The van der Waals surface area contributed by atoms with Crippen LogP contribution in [0, 0.1) is 5.82 Å². The predicted molar refractivity (Wildman–Crippen MR) is 78.8 cm³/mol. The Balaban J connectivity index is 2.43. The average Bonchev–Trinajstić information content (AvgIpc) is 2.45. The molecular formula is C15H12F4NO2S-. The molecule has 1 atom stereocenters. The summed E-state index contributed by atoms with van der Waals surface area (Å²) in [7, 11) is 0. The van der Waals surface area contributed by atoms with Gasteiger partial charge in [0.25, 0.3) is 0 Å². The maximum absolute atomic E-state index is 13.7. The molecule has 8 heteroatoms. The lowest BCUT2D eigenvalue weighted by molar-refractivity contribution is -0.139. The number of nitrogens with one attached hydrogen (secondary N) is 1. The fourth-order valence-corrected chi connectivity index (χ4v) is 2.56. The molecule has 0 saturated carbocycles. The standard InChI is InChI=1S/C15H13F4NO2S/c1-2-9-7-10(4-6-14(9)20-23(21)22)11-3-5-12(13(16)8-11)15(17,18)19/h3-8,20H,2H2,1H3,(H,21,22)/p-1. The highest BCUT2D eigenvalue weighted by molar-refractivity contribution is 7.80. The van der Waals surface area contributed by atoms with E-state index in [9.17, 15) is 26.3 Å². The number of benzene rings is 2. The van der Waals surface area contributed by atoms with E-state index in [0.717, 1.165) is 6.07 Å². The average molecular weight is 346 g/mol. The van der Waals surface area contributed by atoms with Gasteiger partial charge in [0, 0.05) is 17.0 Å². The molecule has 0 radical (unpaired) electrons. The maximum atomic E-state index is 13.7. The summed E-state index contributed by atoms with van der Waals surface area (Å²) in [5, 5.41) is 0. The minimum atomic E-state index is -4.75. The Hall–Kier alpha value is -1.93. The van der Waals surface area contributed by atoms with Gasteiger partial charge in [0.2, 0.25) is 0 Å². The Morgan fingerprint density at radius 2 is 1.74 bits per heavy atom. The fraction of sp³-hybridized carbons (Fsp3) is 0.200. The molecule has 1 N–H and O–H groups in total. The van der Waals surface area contributed by atoms with Crippen molar-refractivity contribution in [3.63, 3.8) is 0 Å². The van der Waals surface area contributed by atoms with Crippen LogP contribution >= 0.6 is 0 Å². The summed E-state index contributed by atoms with van der Waals surface area (Å²) in [6.07, 6.45) is -4.25. The van der Waals surface area contributed by atoms with E-state index in [1.165, 1.54) is 18.2 Å². The highest BCUT2D eigenvalue weighted by Crippen LogP contribution is 2.34. The first-order chi connectivity index (χ1) is 10.7. The van der Waals surface area contributed by atoms with E-state index >= 15 is 0 Å². The van der Waals surface area contributed by atoms with Crippen molar-refractivity contribution in [1.29, 1.82) is 0 Å². The van der Waals surface area contributed by atoms with E-state index in [4.69, 9.17) is 0 Å². The van der Waals surface area contributed by atoms with Gasteiger partial charge in [0.1, 0.15) is 5.82 Å². The van der Waals surface area contributed by atoms with Gasteiger partial charge in [-0.05, 0) is 47.4 Å². The number of rotatable bonds is 4. The monoisotopic (exact) mass is 346 g/mol. The lowest BCUT2D eigenvalue weighted by Gasteiger charge is -2.15. The number of anilines is 1. The third kappa shape index (κ3) is 4.08. The lowest BCUT2D eigenvalue weighted by atomic mass is 9.99. The SMILES string of the molecule is CCc1cc(-c2ccc(C(F)(F)F)c(F)c2)ccc1NS(=O)[O-]. The van der Waals surface area contributed by atoms with Crippen LogP contribution in [0.1, 0.15) is 18.1 Å². The summed E-state index contributed by atoms with van der Waals surface area (Å²) in [6.45, 7) is 1.80. The van der Waals surface area contributed by atoms with Crippen molar-refractivity contribution in [2.45, 2.75) is 19.5 Å². The molecule has 0 aliphatic rings. The molecule has 124 valence electrons. The van der Waals surface area contributed by atoms with Crippen molar-refractivity contribution in [2.24, 2.45) is 0 Å². The molecule has 23 heavy (non-hydrogen) atoms. The molecule has 3 nitrogen and oxygen atoms in total. The first-order valence-corrected chi connectivity index (χ1v) is 7.66. The minimum Gasteiger partial charge on any atom is -0.755 e. The zero-order valence-electron chi connectivity index (χ0n) is 11.9. The van der Waals surface area contributed by atoms with Crippen molar-refractivity contribution in [3.05, 3.63) is 53.3 Å². The van der Waals surface area contributed by atoms with Crippen LogP contribution in [0.25, 0.3) is 11.1 Å². The molecule has 0 saturated heterocycles. The van der Waals surface area contributed by atoms with Gasteiger partial charge < -0.3 is 9.27 Å². The van der Waals surface area contributed by atoms with Crippen molar-refractivity contribution in [3.8, 4) is 11.1 Å². The van der Waals surface area contributed by atoms with Gasteiger partial charge in [0.05, 0.1) is 5.56 Å². The molecule has 2 rings (SSSR count). The van der Waals surface area contributed by atoms with Crippen molar-refractivity contribution in [2.75, 3.05) is 4.72 Å². The summed E-state index contributed by atoms with van der Waals surface area (Å²) in [6, 6.07) is 7.29. The molecule has 0 bridgehead atoms. The molecule has 0 fully saturated rings. The van der Waals surface area contributed by atoms with Crippen LogP contribution in [0.2, 0.25) is 0 Å². The largest absolute Gasteiger partial charge is 0.755 e. The zero-order chi connectivity index (χ0) is 17.2. The molecular weight excluding hydrogens is 334 g/mol. The summed E-state index contributed by atoms with van der Waals surface area (Å²) in [5.74, 6) is -1.35. The van der Waals surface area contributed by atoms with E-state index in [1.54, 1.807) is 13.0 Å². The van der Waals surface area contributed by atoms with Crippen LogP contribution in [0.4, 0.5) is 23.2 Å². The number of hydrogen-bond acceptors (Lipinski definition) is 2. The second-order valence-electron chi connectivity index (χ2n) is 4.75. The first kappa shape index (κ1) is 17.4. The van der Waals surface area contributed by atoms with Gasteiger partial charge in [-0.2, -0.15) is 13.2 Å². The van der Waals surface area contributed by atoms with Gasteiger partial charge in [0.15, 0.2) is 0 Å². The molecule has 0 amide bonds. The molecule has 0 spiro atoms. The summed E-state index contributed by atoms with van der Waals surface area (Å²) < 4.78 is 75.0. The van der Waals surface area contributed by atoms with E-state index in [0.29, 0.717) is 29.3 Å². The minimum absolute atomic E-state index is 0.278. The number of aryl methyl sites for hydroxylation is 1. The fourth-order valence-electron chi connectivity index (χ4n) is 2.18. The van der Waals surface area contributed by atoms with Gasteiger partial charge in [-0.3, -0.25) is 4.21 Å². The normalized spacial score (nSPS) is 13.0. The van der Waals surface area contributed by atoms with Gasteiger partial charge in [-0.25, -0.2) is 4.39 Å². The Kier molecular flexibility index (Phi) is 5.06. The van der Waals surface area contributed by atoms with Crippen molar-refractivity contribution >= 4 is 17.0 Å². The Morgan fingerprint density at radius 1 is 1.13 bits per heavy atom. The predicted octanol–water partition coefficient (Wildman–Crippen LogP) is 4.28. The molecule has 1 unspecified atom stereocenters. The van der Waals surface area contributed by atoms with Crippen LogP contribution in [0.5, 0.6) is 0 Å². The van der Waals surface area contributed by atoms with Crippen molar-refractivity contribution in [1.82, 2.24) is 0 Å². The topological polar surface area (TPSA) is 52.2 Å². The molecule has 0 aliphatic heterocycles. The van der Waals surface area contributed by atoms with E-state index in [2.05, 4.69) is 4.72 Å². The third-order valence-corrected chi connectivity index (χ3v) is 3.67. The van der Waals surface area contributed by atoms with Gasteiger partial charge in [-0.1, -0.05) is 19.1 Å². The lowest BCUT2D eigenvalue weighted by Crippen LogP contribution is -2.08. The second kappa shape index (κ2) is 6.67. The Morgan fingerprint density at radius 3 is 2.26 bits per heavy atom. The highest BCUT2D eigenvalue weighted by atomic mass is 32.2. The highest BCUT2D eigenvalue weighted by Gasteiger charge is 2.33. The molecule has 2 aromatic carbocycles. The number of halogens is 4. The molecule has 0 aliphatic carbocycles. The summed E-state index contributed by atoms with van der Waals surface area (Å²) >= 11 is -2.48. The molecule has 0 aromatic heterocycles. The first-order valence-electron chi connectivity index (χ1n) is 6.58. The Bertz CT molecular complexity index is 747. The van der Waals surface area contributed by atoms with Crippen LogP contribution in [-0.2, 0) is 23.9 Å². The van der Waals surface area contributed by atoms with Crippen LogP contribution < -0.4 is 4.72 Å². The van der Waals surface area contributed by atoms with E-state index in [1.807, 2.05) is 0 Å². The smallest absolute Gasteiger partial charge is 0.419 e. The Labute approximate surface area is 132 Å². The summed E-state index contributed by atoms with van der Waals surface area (Å²) in [5.41, 5.74) is 0.470. The van der Waals surface area contributed by atoms with Crippen molar-refractivity contribution < 1.29 is 26.3 Å². The van der Waals surface area contributed by atoms with E-state index < -0.39 is 28.8 Å². The number of hydrogen-bond donors (Lipinski definition) is 1. The second-order valence-corrected chi connectivity index (χ2v) is 5.43.